The minimum absolute atomic E-state index is 0.0976. The number of allylic oxidation sites excluding steroid dienone is 26. The van der Waals surface area contributed by atoms with Crippen molar-refractivity contribution in [3.8, 4) is 0 Å². The molecule has 0 aromatic carbocycles. The van der Waals surface area contributed by atoms with Crippen molar-refractivity contribution in [2.24, 2.45) is 0 Å². The zero-order valence-corrected chi connectivity index (χ0v) is 48.0. The lowest BCUT2D eigenvalue weighted by Crippen LogP contribution is -2.30. The summed E-state index contributed by atoms with van der Waals surface area (Å²) in [6, 6.07) is 0. The molecule has 0 aliphatic rings. The van der Waals surface area contributed by atoms with E-state index in [4.69, 9.17) is 14.2 Å². The number of carbonyl (C=O) groups is 3. The Morgan fingerprint density at radius 3 is 0.813 bits per heavy atom. The fourth-order valence-electron chi connectivity index (χ4n) is 7.60. The second-order valence-electron chi connectivity index (χ2n) is 19.1. The molecule has 0 fully saturated rings. The van der Waals surface area contributed by atoms with Gasteiger partial charge in [0, 0.05) is 19.3 Å². The van der Waals surface area contributed by atoms with E-state index >= 15 is 0 Å². The summed E-state index contributed by atoms with van der Waals surface area (Å²) in [5.74, 6) is -0.954. The molecule has 0 radical (unpaired) electrons. The topological polar surface area (TPSA) is 78.9 Å². The van der Waals surface area contributed by atoms with E-state index in [9.17, 15) is 14.4 Å². The zero-order chi connectivity index (χ0) is 54.3. The van der Waals surface area contributed by atoms with Crippen LogP contribution in [-0.4, -0.2) is 37.2 Å². The van der Waals surface area contributed by atoms with Crippen LogP contribution >= 0.6 is 0 Å². The van der Waals surface area contributed by atoms with Gasteiger partial charge in [-0.2, -0.15) is 0 Å². The van der Waals surface area contributed by atoms with Gasteiger partial charge in [-0.25, -0.2) is 0 Å². The smallest absolute Gasteiger partial charge is 0.306 e. The predicted octanol–water partition coefficient (Wildman–Crippen LogP) is 20.5. The maximum Gasteiger partial charge on any atom is 0.306 e. The van der Waals surface area contributed by atoms with Crippen molar-refractivity contribution in [3.05, 3.63) is 158 Å². The van der Waals surface area contributed by atoms with Gasteiger partial charge in [-0.3, -0.25) is 14.4 Å². The first-order valence-corrected chi connectivity index (χ1v) is 30.0. The largest absolute Gasteiger partial charge is 0.462 e. The molecule has 75 heavy (non-hydrogen) atoms. The molecule has 6 nitrogen and oxygen atoms in total. The normalized spacial score (nSPS) is 13.3. The van der Waals surface area contributed by atoms with Crippen molar-refractivity contribution in [2.45, 2.75) is 245 Å². The van der Waals surface area contributed by atoms with Crippen LogP contribution in [0.25, 0.3) is 0 Å². The van der Waals surface area contributed by atoms with Crippen molar-refractivity contribution in [2.75, 3.05) is 13.2 Å². The molecule has 0 aliphatic heterocycles. The first-order valence-electron chi connectivity index (χ1n) is 30.0. The van der Waals surface area contributed by atoms with Gasteiger partial charge in [-0.15, -0.1) is 0 Å². The third-order valence-corrected chi connectivity index (χ3v) is 12.0. The molecular formula is C69H108O6. The highest BCUT2D eigenvalue weighted by Crippen LogP contribution is 2.13. The van der Waals surface area contributed by atoms with Crippen LogP contribution in [0, 0.1) is 0 Å². The molecule has 0 saturated carbocycles. The van der Waals surface area contributed by atoms with Crippen molar-refractivity contribution in [3.63, 3.8) is 0 Å². The Labute approximate surface area is 460 Å². The van der Waals surface area contributed by atoms with Crippen molar-refractivity contribution < 1.29 is 28.6 Å². The number of esters is 3. The Balaban J connectivity index is 4.19. The quantitative estimate of drug-likeness (QED) is 0.0261. The van der Waals surface area contributed by atoms with Crippen LogP contribution in [0.5, 0.6) is 0 Å². The molecule has 6 heteroatoms. The molecule has 0 heterocycles. The highest BCUT2D eigenvalue weighted by atomic mass is 16.6. The summed E-state index contributed by atoms with van der Waals surface area (Å²) in [5.41, 5.74) is 0. The minimum Gasteiger partial charge on any atom is -0.462 e. The number of carbonyl (C=O) groups excluding carboxylic acids is 3. The van der Waals surface area contributed by atoms with E-state index in [1.54, 1.807) is 0 Å². The molecule has 0 amide bonds. The van der Waals surface area contributed by atoms with Gasteiger partial charge in [-0.05, 0) is 128 Å². The Morgan fingerprint density at radius 1 is 0.280 bits per heavy atom. The third kappa shape index (κ3) is 59.8. The van der Waals surface area contributed by atoms with E-state index in [1.165, 1.54) is 12.8 Å². The number of rotatable bonds is 52. The first-order chi connectivity index (χ1) is 37.0. The van der Waals surface area contributed by atoms with Gasteiger partial charge in [0.05, 0.1) is 0 Å². The van der Waals surface area contributed by atoms with E-state index in [-0.39, 0.29) is 31.1 Å². The lowest BCUT2D eigenvalue weighted by Gasteiger charge is -2.18. The molecule has 0 saturated heterocycles. The van der Waals surface area contributed by atoms with E-state index in [1.807, 2.05) is 0 Å². The highest BCUT2D eigenvalue weighted by Gasteiger charge is 2.19. The number of ether oxygens (including phenoxy) is 3. The minimum atomic E-state index is -0.799. The van der Waals surface area contributed by atoms with Gasteiger partial charge >= 0.3 is 17.9 Å². The Bertz CT molecular complexity index is 1710. The van der Waals surface area contributed by atoms with Crippen LogP contribution in [0.4, 0.5) is 0 Å². The average molecular weight is 1030 g/mol. The molecule has 0 N–H and O–H groups in total. The van der Waals surface area contributed by atoms with Crippen LogP contribution in [0.1, 0.15) is 239 Å². The van der Waals surface area contributed by atoms with Crippen LogP contribution in [-0.2, 0) is 28.6 Å². The fraction of sp³-hybridized carbons (Fsp3) is 0.580. The molecular weight excluding hydrogens is 925 g/mol. The van der Waals surface area contributed by atoms with E-state index in [0.717, 1.165) is 186 Å². The van der Waals surface area contributed by atoms with Crippen LogP contribution in [0.2, 0.25) is 0 Å². The van der Waals surface area contributed by atoms with Crippen LogP contribution in [0.15, 0.2) is 158 Å². The molecule has 420 valence electrons. The molecule has 0 spiro atoms. The van der Waals surface area contributed by atoms with Crippen molar-refractivity contribution >= 4 is 17.9 Å². The predicted molar refractivity (Wildman–Crippen MR) is 325 cm³/mol. The molecule has 1 unspecified atom stereocenters. The molecule has 0 aromatic heterocycles. The second kappa shape index (κ2) is 61.6. The van der Waals surface area contributed by atoms with Crippen LogP contribution in [0.3, 0.4) is 0 Å². The van der Waals surface area contributed by atoms with E-state index < -0.39 is 6.10 Å². The number of unbranched alkanes of at least 4 members (excludes halogenated alkanes) is 15. The average Bonchev–Trinajstić information content (AvgIpc) is 3.41. The number of hydrogen-bond acceptors (Lipinski definition) is 6. The summed E-state index contributed by atoms with van der Waals surface area (Å²) >= 11 is 0. The SMILES string of the molecule is CC/C=C\C/C=C\C/C=C\C/C=C\C/C=C\C/C=C\C/C=C\C/C=C\CCCCCCCCC(=O)OCC(COC(=O)CCCCCCC)OC(=O)CCCCCCC/C=C\C/C=C\C/C=C\C/C=C\C/C=C\CC. The standard InChI is InChI=1S/C69H108O6/c1-4-7-10-13-15-17-19-21-23-25-27-29-30-31-32-33-34-35-36-37-38-40-41-43-45-47-49-51-53-56-59-62-68(71)74-65-66(64-73-67(70)61-58-55-12-9-6-3)75-69(72)63-60-57-54-52-50-48-46-44-42-39-28-26-24-22-20-18-16-14-11-8-5-2/h7-8,10-11,15-18,21-24,27-29,31-32,34-35,37-39,41,43-44,46,66H,4-6,9,12-14,19-20,25-26,30,33,36,40,42,45,47-65H2,1-3H3/b10-7-,11-8-,17-15-,18-16-,23-21-,24-22-,29-27-,32-31-,35-34-,38-37-,39-28-,43-41-,46-44-. The molecule has 0 aliphatic carbocycles. The monoisotopic (exact) mass is 1030 g/mol. The third-order valence-electron chi connectivity index (χ3n) is 12.0. The summed E-state index contributed by atoms with van der Waals surface area (Å²) in [6.45, 7) is 6.28. The Hall–Kier alpha value is -4.97. The maximum atomic E-state index is 12.8. The lowest BCUT2D eigenvalue weighted by atomic mass is 10.1. The van der Waals surface area contributed by atoms with Gasteiger partial charge in [0.25, 0.3) is 0 Å². The van der Waals surface area contributed by atoms with Gasteiger partial charge < -0.3 is 14.2 Å². The van der Waals surface area contributed by atoms with E-state index in [0.29, 0.717) is 19.3 Å². The van der Waals surface area contributed by atoms with Gasteiger partial charge in [0.2, 0.25) is 0 Å². The van der Waals surface area contributed by atoms with E-state index in [2.05, 4.69) is 179 Å². The first kappa shape index (κ1) is 70.0. The Kier molecular flexibility index (Phi) is 57.5. The van der Waals surface area contributed by atoms with Gasteiger partial charge in [0.15, 0.2) is 6.10 Å². The van der Waals surface area contributed by atoms with Crippen molar-refractivity contribution in [1.29, 1.82) is 0 Å². The summed E-state index contributed by atoms with van der Waals surface area (Å²) in [4.78, 5) is 37.9. The van der Waals surface area contributed by atoms with Gasteiger partial charge in [0.1, 0.15) is 13.2 Å². The summed E-state index contributed by atoms with van der Waals surface area (Å²) < 4.78 is 16.7. The molecule has 1 atom stereocenters. The fourth-order valence-corrected chi connectivity index (χ4v) is 7.60. The van der Waals surface area contributed by atoms with Crippen LogP contribution < -0.4 is 0 Å². The number of hydrogen-bond donors (Lipinski definition) is 0. The van der Waals surface area contributed by atoms with Gasteiger partial charge in [-0.1, -0.05) is 249 Å². The lowest BCUT2D eigenvalue weighted by molar-refractivity contribution is -0.167. The van der Waals surface area contributed by atoms with Crippen molar-refractivity contribution in [1.82, 2.24) is 0 Å². The molecule has 0 aromatic rings. The zero-order valence-electron chi connectivity index (χ0n) is 48.0. The summed E-state index contributed by atoms with van der Waals surface area (Å²) in [7, 11) is 0. The maximum absolute atomic E-state index is 12.8. The molecule has 0 rings (SSSR count). The summed E-state index contributed by atoms with van der Waals surface area (Å²) in [6.07, 6.45) is 89.9. The summed E-state index contributed by atoms with van der Waals surface area (Å²) in [5, 5.41) is 0. The Morgan fingerprint density at radius 2 is 0.520 bits per heavy atom. The molecule has 0 bridgehead atoms. The highest BCUT2D eigenvalue weighted by molar-refractivity contribution is 5.71. The second-order valence-corrected chi connectivity index (χ2v) is 19.1.